The maximum Gasteiger partial charge on any atom is 0.258 e. The zero-order chi connectivity index (χ0) is 27.7. The van der Waals surface area contributed by atoms with Gasteiger partial charge in [0, 0.05) is 72.1 Å². The minimum Gasteiger partial charge on any atom is -0.383 e. The summed E-state index contributed by atoms with van der Waals surface area (Å²) in [6.45, 7) is 2.19. The molecule has 1 aromatic heterocycles. The van der Waals surface area contributed by atoms with E-state index in [2.05, 4.69) is 21.2 Å². The van der Waals surface area contributed by atoms with E-state index in [0.29, 0.717) is 43.2 Å². The highest BCUT2D eigenvalue weighted by Crippen LogP contribution is 2.40. The predicted octanol–water partition coefficient (Wildman–Crippen LogP) is 2.70. The van der Waals surface area contributed by atoms with Crippen LogP contribution in [0.25, 0.3) is 22.6 Å². The Morgan fingerprint density at radius 1 is 1.18 bits per heavy atom. The van der Waals surface area contributed by atoms with Gasteiger partial charge in [-0.2, -0.15) is 4.31 Å². The zero-order valence-electron chi connectivity index (χ0n) is 21.6. The zero-order valence-corrected chi connectivity index (χ0v) is 24.0. The molecule has 0 atom stereocenters. The Bertz CT molecular complexity index is 1580. The first-order valence-electron chi connectivity index (χ1n) is 12.5. The van der Waals surface area contributed by atoms with Gasteiger partial charge in [0.2, 0.25) is 15.9 Å². The molecule has 0 spiro atoms. The average molecular weight is 618 g/mol. The largest absolute Gasteiger partial charge is 0.383 e. The number of benzene rings is 2. The summed E-state index contributed by atoms with van der Waals surface area (Å²) in [6, 6.07) is 10.5. The number of nitrogens with one attached hydrogen (secondary N) is 1. The van der Waals surface area contributed by atoms with Crippen molar-refractivity contribution in [3.05, 3.63) is 58.2 Å². The summed E-state index contributed by atoms with van der Waals surface area (Å²) in [7, 11) is -0.499. The third kappa shape index (κ3) is 5.39. The third-order valence-electron chi connectivity index (χ3n) is 6.88. The number of nitrogens with zero attached hydrogens (tertiary/aromatic N) is 3. The fraction of sp³-hybridized carbons (Fsp3) is 0.333. The standard InChI is InChI=1S/C27H29BrN4O6S/c1-30-24-6-4-20(39(35,36)32-8-11-38-12-9-32)15-22(24)23(27(30)34)13-18-16-31(17-26(33)29-7-10-37-2)25-5-3-19(28)14-21(18)25/h3-6,13-16H,7-12,17H2,1-2H3,(H,29,33)/b23-13-. The van der Waals surface area contributed by atoms with Crippen LogP contribution in [0.2, 0.25) is 0 Å². The lowest BCUT2D eigenvalue weighted by molar-refractivity contribution is -0.121. The number of amides is 2. The van der Waals surface area contributed by atoms with Crippen LogP contribution >= 0.6 is 15.9 Å². The van der Waals surface area contributed by atoms with Gasteiger partial charge in [-0.15, -0.1) is 0 Å². The summed E-state index contributed by atoms with van der Waals surface area (Å²) in [5, 5.41) is 3.67. The second-order valence-electron chi connectivity index (χ2n) is 9.33. The lowest BCUT2D eigenvalue weighted by Crippen LogP contribution is -2.40. The smallest absolute Gasteiger partial charge is 0.258 e. The number of anilines is 1. The van der Waals surface area contributed by atoms with Gasteiger partial charge in [-0.05, 0) is 42.5 Å². The van der Waals surface area contributed by atoms with Gasteiger partial charge < -0.3 is 24.3 Å². The molecule has 5 rings (SSSR count). The van der Waals surface area contributed by atoms with Gasteiger partial charge in [-0.1, -0.05) is 15.9 Å². The van der Waals surface area contributed by atoms with Gasteiger partial charge in [0.1, 0.15) is 6.54 Å². The number of carbonyl (C=O) groups is 2. The van der Waals surface area contributed by atoms with E-state index in [1.165, 1.54) is 9.21 Å². The van der Waals surface area contributed by atoms with Crippen molar-refractivity contribution in [3.8, 4) is 0 Å². The number of methoxy groups -OCH3 is 1. The van der Waals surface area contributed by atoms with Gasteiger partial charge in [0.25, 0.3) is 5.91 Å². The monoisotopic (exact) mass is 616 g/mol. The van der Waals surface area contributed by atoms with Crippen molar-refractivity contribution in [3.63, 3.8) is 0 Å². The molecule has 39 heavy (non-hydrogen) atoms. The maximum absolute atomic E-state index is 13.4. The Balaban J connectivity index is 1.55. The molecular weight excluding hydrogens is 588 g/mol. The van der Waals surface area contributed by atoms with Gasteiger partial charge in [-0.3, -0.25) is 9.59 Å². The van der Waals surface area contributed by atoms with E-state index in [-0.39, 0.29) is 36.3 Å². The Morgan fingerprint density at radius 3 is 2.69 bits per heavy atom. The van der Waals surface area contributed by atoms with Crippen molar-refractivity contribution in [1.82, 2.24) is 14.2 Å². The summed E-state index contributed by atoms with van der Waals surface area (Å²) in [6.07, 6.45) is 3.60. The maximum atomic E-state index is 13.4. The molecule has 3 heterocycles. The molecule has 206 valence electrons. The summed E-state index contributed by atoms with van der Waals surface area (Å²) in [4.78, 5) is 27.5. The summed E-state index contributed by atoms with van der Waals surface area (Å²) < 4.78 is 41.1. The molecule has 2 amide bonds. The molecule has 0 unspecified atom stereocenters. The van der Waals surface area contributed by atoms with E-state index in [1.807, 2.05) is 29.0 Å². The molecule has 0 aliphatic carbocycles. The Morgan fingerprint density at radius 2 is 1.95 bits per heavy atom. The highest BCUT2D eigenvalue weighted by Gasteiger charge is 2.33. The number of rotatable bonds is 8. The van der Waals surface area contributed by atoms with Crippen LogP contribution in [0, 0.1) is 0 Å². The molecule has 1 fully saturated rings. The summed E-state index contributed by atoms with van der Waals surface area (Å²) in [5.74, 6) is -0.398. The fourth-order valence-corrected chi connectivity index (χ4v) is 6.66. The minimum absolute atomic E-state index is 0.0946. The first-order chi connectivity index (χ1) is 18.7. The molecule has 2 aromatic carbocycles. The first kappa shape index (κ1) is 27.5. The quantitative estimate of drug-likeness (QED) is 0.308. The normalized spacial score (nSPS) is 17.3. The SMILES string of the molecule is COCCNC(=O)Cn1cc(/C=C2\C(=O)N(C)c3ccc(S(=O)(=O)N4CCOCC4)cc32)c2cc(Br)ccc21. The van der Waals surface area contributed by atoms with Crippen LogP contribution in [-0.4, -0.2) is 82.7 Å². The van der Waals surface area contributed by atoms with Gasteiger partial charge >= 0.3 is 0 Å². The number of carbonyl (C=O) groups excluding carboxylic acids is 2. The van der Waals surface area contributed by atoms with Crippen molar-refractivity contribution in [1.29, 1.82) is 0 Å². The van der Waals surface area contributed by atoms with E-state index in [0.717, 1.165) is 20.9 Å². The molecule has 0 radical (unpaired) electrons. The molecule has 2 aliphatic heterocycles. The van der Waals surface area contributed by atoms with Crippen LogP contribution in [0.3, 0.4) is 0 Å². The Kier molecular flexibility index (Phi) is 7.92. The number of sulfonamides is 1. The number of hydrogen-bond acceptors (Lipinski definition) is 6. The molecule has 0 saturated carbocycles. The molecule has 1 saturated heterocycles. The van der Waals surface area contributed by atoms with E-state index < -0.39 is 10.0 Å². The van der Waals surface area contributed by atoms with Crippen molar-refractivity contribution in [2.45, 2.75) is 11.4 Å². The minimum atomic E-state index is -3.74. The summed E-state index contributed by atoms with van der Waals surface area (Å²) in [5.41, 5.74) is 3.13. The number of fused-ring (bicyclic) bond motifs is 2. The summed E-state index contributed by atoms with van der Waals surface area (Å²) >= 11 is 3.52. The molecular formula is C27H29BrN4O6S. The molecule has 3 aromatic rings. The van der Waals surface area contributed by atoms with Crippen LogP contribution in [0.1, 0.15) is 11.1 Å². The van der Waals surface area contributed by atoms with E-state index in [9.17, 15) is 18.0 Å². The lowest BCUT2D eigenvalue weighted by atomic mass is 10.0. The number of hydrogen-bond donors (Lipinski definition) is 1. The highest BCUT2D eigenvalue weighted by atomic mass is 79.9. The third-order valence-corrected chi connectivity index (χ3v) is 9.27. The van der Waals surface area contributed by atoms with Crippen LogP contribution < -0.4 is 10.2 Å². The Labute approximate surface area is 235 Å². The second kappa shape index (κ2) is 11.2. The highest BCUT2D eigenvalue weighted by molar-refractivity contribution is 9.10. The van der Waals surface area contributed by atoms with Crippen LogP contribution in [0.4, 0.5) is 5.69 Å². The Hall–Kier alpha value is -3.03. The van der Waals surface area contributed by atoms with Crippen molar-refractivity contribution in [2.75, 3.05) is 58.5 Å². The van der Waals surface area contributed by atoms with Crippen molar-refractivity contribution in [2.24, 2.45) is 0 Å². The van der Waals surface area contributed by atoms with Crippen LogP contribution in [0.15, 0.2) is 52.0 Å². The molecule has 12 heteroatoms. The number of likely N-dealkylation sites (N-methyl/N-ethyl adjacent to an activating group) is 1. The average Bonchev–Trinajstić information content (AvgIpc) is 3.38. The van der Waals surface area contributed by atoms with E-state index >= 15 is 0 Å². The lowest BCUT2D eigenvalue weighted by Gasteiger charge is -2.26. The number of ether oxygens (including phenoxy) is 2. The van der Waals surface area contributed by atoms with Gasteiger partial charge in [0.15, 0.2) is 0 Å². The van der Waals surface area contributed by atoms with Crippen molar-refractivity contribution < 1.29 is 27.5 Å². The molecule has 2 aliphatic rings. The van der Waals surface area contributed by atoms with Gasteiger partial charge in [-0.25, -0.2) is 8.42 Å². The van der Waals surface area contributed by atoms with Crippen LogP contribution in [-0.2, 0) is 35.6 Å². The fourth-order valence-electron chi connectivity index (χ4n) is 4.87. The molecule has 0 bridgehead atoms. The number of aromatic nitrogens is 1. The van der Waals surface area contributed by atoms with Gasteiger partial charge in [0.05, 0.1) is 30.4 Å². The second-order valence-corrected chi connectivity index (χ2v) is 12.2. The van der Waals surface area contributed by atoms with Crippen LogP contribution in [0.5, 0.6) is 0 Å². The topological polar surface area (TPSA) is 110 Å². The molecule has 1 N–H and O–H groups in total. The first-order valence-corrected chi connectivity index (χ1v) is 14.7. The predicted molar refractivity (Wildman–Crippen MR) is 152 cm³/mol. The molecule has 10 nitrogen and oxygen atoms in total. The van der Waals surface area contributed by atoms with E-state index in [4.69, 9.17) is 9.47 Å². The number of morpholine rings is 1. The number of halogens is 1. The van der Waals surface area contributed by atoms with E-state index in [1.54, 1.807) is 38.4 Å². The van der Waals surface area contributed by atoms with Crippen molar-refractivity contribution >= 4 is 66.0 Å².